The van der Waals surface area contributed by atoms with Crippen LogP contribution < -0.4 is 0 Å². The Labute approximate surface area is 143 Å². The molecule has 0 fully saturated rings. The first-order valence-corrected chi connectivity index (χ1v) is 8.14. The molecule has 0 spiro atoms. The van der Waals surface area contributed by atoms with E-state index in [-0.39, 0.29) is 17.0 Å². The summed E-state index contributed by atoms with van der Waals surface area (Å²) in [5, 5.41) is 8.44. The minimum Gasteiger partial charge on any atom is -0.298 e. The number of Topliss-reactive ketones (excluding diaryl/α,β-unsaturated/α-hetero) is 1. The summed E-state index contributed by atoms with van der Waals surface area (Å²) in [4.78, 5) is 12.7. The summed E-state index contributed by atoms with van der Waals surface area (Å²) >= 11 is 6.85. The summed E-state index contributed by atoms with van der Waals surface area (Å²) in [6.07, 6.45) is -0.240. The third-order valence-electron chi connectivity index (χ3n) is 2.61. The van der Waals surface area contributed by atoms with E-state index in [1.807, 2.05) is 13.8 Å². The Balaban J connectivity index is 0.00000127. The fraction of sp³-hybridized carbons (Fsp3) is 0.176. The molecule has 1 N–H and O–H groups in total. The van der Waals surface area contributed by atoms with Crippen molar-refractivity contribution in [3.8, 4) is 0 Å². The van der Waals surface area contributed by atoms with Gasteiger partial charge in [0, 0.05) is 16.0 Å². The van der Waals surface area contributed by atoms with E-state index in [0.29, 0.717) is 11.1 Å². The van der Waals surface area contributed by atoms with Gasteiger partial charge >= 0.3 is 0 Å². The number of nitrogens with one attached hydrogen (secondary N) is 1. The van der Waals surface area contributed by atoms with E-state index in [4.69, 9.17) is 17.0 Å². The summed E-state index contributed by atoms with van der Waals surface area (Å²) in [5.74, 6) is -2.21. The number of halogens is 3. The predicted octanol–water partition coefficient (Wildman–Crippen LogP) is 5.99. The number of carbonyl (C=O) groups is 1. The van der Waals surface area contributed by atoms with Gasteiger partial charge in [-0.15, -0.1) is 0 Å². The molecule has 0 aliphatic heterocycles. The molecule has 0 heterocycles. The molecule has 0 aromatic heterocycles. The quantitative estimate of drug-likeness (QED) is 0.317. The predicted molar refractivity (Wildman–Crippen MR) is 91.7 cm³/mol. The molecular weight excluding hydrogens is 340 g/mol. The SMILES string of the molecule is CC.N=C(CC(=O)c1ccc(F)cc1F)Sc1ccc(Cl)cc1. The largest absolute Gasteiger partial charge is 0.298 e. The Morgan fingerprint density at radius 2 is 1.74 bits per heavy atom. The highest BCUT2D eigenvalue weighted by atomic mass is 35.5. The van der Waals surface area contributed by atoms with Gasteiger partial charge in [-0.25, -0.2) is 8.78 Å². The first kappa shape index (κ1) is 19.3. The van der Waals surface area contributed by atoms with Crippen LogP contribution in [0.15, 0.2) is 47.4 Å². The fourth-order valence-corrected chi connectivity index (χ4v) is 2.52. The standard InChI is InChI=1S/C15H10ClF2NOS.C2H6/c16-9-1-4-11(5-2-9)21-15(19)8-14(20)12-6-3-10(17)7-13(12)18;1-2/h1-7,19H,8H2;1-2H3. The highest BCUT2D eigenvalue weighted by Crippen LogP contribution is 2.23. The number of benzene rings is 2. The number of hydrogen-bond donors (Lipinski definition) is 1. The molecular formula is C17H16ClF2NOS. The van der Waals surface area contributed by atoms with Crippen molar-refractivity contribution in [3.05, 3.63) is 64.7 Å². The van der Waals surface area contributed by atoms with Gasteiger partial charge in [0.05, 0.1) is 17.0 Å². The van der Waals surface area contributed by atoms with Gasteiger partial charge in [0.2, 0.25) is 0 Å². The van der Waals surface area contributed by atoms with Crippen molar-refractivity contribution in [1.82, 2.24) is 0 Å². The van der Waals surface area contributed by atoms with Crippen LogP contribution in [0.4, 0.5) is 8.78 Å². The second kappa shape index (κ2) is 9.43. The molecule has 2 aromatic carbocycles. The third-order valence-corrected chi connectivity index (χ3v) is 3.76. The van der Waals surface area contributed by atoms with Crippen molar-refractivity contribution in [2.45, 2.75) is 25.2 Å². The molecule has 0 bridgehead atoms. The van der Waals surface area contributed by atoms with Crippen LogP contribution in [0.5, 0.6) is 0 Å². The smallest absolute Gasteiger partial charge is 0.172 e. The average Bonchev–Trinajstić information content (AvgIpc) is 2.51. The average molecular weight is 356 g/mol. The fourth-order valence-electron chi connectivity index (χ4n) is 1.64. The first-order valence-electron chi connectivity index (χ1n) is 6.95. The molecule has 0 radical (unpaired) electrons. The van der Waals surface area contributed by atoms with Crippen molar-refractivity contribution in [1.29, 1.82) is 5.41 Å². The Morgan fingerprint density at radius 3 is 2.30 bits per heavy atom. The number of ketones is 1. The number of thioether (sulfide) groups is 1. The van der Waals surface area contributed by atoms with Gasteiger partial charge in [0.25, 0.3) is 0 Å². The summed E-state index contributed by atoms with van der Waals surface area (Å²) in [7, 11) is 0. The van der Waals surface area contributed by atoms with Crippen LogP contribution in [-0.2, 0) is 0 Å². The van der Waals surface area contributed by atoms with Gasteiger partial charge in [0.1, 0.15) is 11.6 Å². The van der Waals surface area contributed by atoms with Crippen molar-refractivity contribution in [2.75, 3.05) is 0 Å². The molecule has 0 saturated heterocycles. The van der Waals surface area contributed by atoms with Crippen LogP contribution in [-0.4, -0.2) is 10.8 Å². The van der Waals surface area contributed by atoms with Gasteiger partial charge in [-0.2, -0.15) is 0 Å². The van der Waals surface area contributed by atoms with E-state index in [2.05, 4.69) is 0 Å². The van der Waals surface area contributed by atoms with E-state index in [9.17, 15) is 13.6 Å². The molecule has 6 heteroatoms. The zero-order chi connectivity index (χ0) is 17.4. The molecule has 0 aliphatic carbocycles. The highest BCUT2D eigenvalue weighted by molar-refractivity contribution is 8.13. The lowest BCUT2D eigenvalue weighted by Crippen LogP contribution is -2.07. The van der Waals surface area contributed by atoms with Crippen LogP contribution in [0.25, 0.3) is 0 Å². The lowest BCUT2D eigenvalue weighted by atomic mass is 10.1. The molecule has 0 saturated carbocycles. The Morgan fingerprint density at radius 1 is 1.13 bits per heavy atom. The molecule has 2 nitrogen and oxygen atoms in total. The van der Waals surface area contributed by atoms with Crippen molar-refractivity contribution >= 4 is 34.2 Å². The molecule has 0 atom stereocenters. The van der Waals surface area contributed by atoms with Crippen molar-refractivity contribution in [3.63, 3.8) is 0 Å². The van der Waals surface area contributed by atoms with Gasteiger partial charge < -0.3 is 0 Å². The van der Waals surface area contributed by atoms with Gasteiger partial charge in [-0.05, 0) is 36.4 Å². The molecule has 2 rings (SSSR count). The molecule has 23 heavy (non-hydrogen) atoms. The normalized spacial score (nSPS) is 9.78. The second-order valence-electron chi connectivity index (χ2n) is 4.20. The van der Waals surface area contributed by atoms with Crippen LogP contribution >= 0.6 is 23.4 Å². The summed E-state index contributed by atoms with van der Waals surface area (Å²) in [5.41, 5.74) is -0.210. The number of carbonyl (C=O) groups excluding carboxylic acids is 1. The van der Waals surface area contributed by atoms with Crippen LogP contribution in [0.1, 0.15) is 30.6 Å². The number of rotatable bonds is 4. The maximum absolute atomic E-state index is 13.5. The minimum absolute atomic E-state index is 0.0750. The second-order valence-corrected chi connectivity index (χ2v) is 5.81. The van der Waals surface area contributed by atoms with Gasteiger partial charge in [-0.1, -0.05) is 37.2 Å². The van der Waals surface area contributed by atoms with E-state index < -0.39 is 17.4 Å². The van der Waals surface area contributed by atoms with E-state index in [1.165, 1.54) is 0 Å². The van der Waals surface area contributed by atoms with E-state index in [0.717, 1.165) is 28.8 Å². The van der Waals surface area contributed by atoms with Crippen LogP contribution in [0, 0.1) is 17.0 Å². The van der Waals surface area contributed by atoms with Crippen molar-refractivity contribution < 1.29 is 13.6 Å². The lowest BCUT2D eigenvalue weighted by molar-refractivity contribution is 0.0997. The van der Waals surface area contributed by atoms with Gasteiger partial charge in [-0.3, -0.25) is 10.2 Å². The topological polar surface area (TPSA) is 40.9 Å². The maximum atomic E-state index is 13.5. The third kappa shape index (κ3) is 6.12. The zero-order valence-corrected chi connectivity index (χ0v) is 14.3. The Hall–Kier alpha value is -1.72. The Bertz CT molecular complexity index is 689. The highest BCUT2D eigenvalue weighted by Gasteiger charge is 2.15. The maximum Gasteiger partial charge on any atom is 0.172 e. The lowest BCUT2D eigenvalue weighted by Gasteiger charge is -2.05. The van der Waals surface area contributed by atoms with Gasteiger partial charge in [0.15, 0.2) is 5.78 Å². The molecule has 2 aromatic rings. The first-order chi connectivity index (χ1) is 11.0. The monoisotopic (exact) mass is 355 g/mol. The number of hydrogen-bond acceptors (Lipinski definition) is 3. The summed E-state index contributed by atoms with van der Waals surface area (Å²) in [6.45, 7) is 4.00. The minimum atomic E-state index is -0.913. The molecule has 0 amide bonds. The van der Waals surface area contributed by atoms with Crippen LogP contribution in [0.2, 0.25) is 5.02 Å². The molecule has 0 unspecified atom stereocenters. The molecule has 122 valence electrons. The molecule has 0 aliphatic rings. The van der Waals surface area contributed by atoms with Crippen molar-refractivity contribution in [2.24, 2.45) is 0 Å². The Kier molecular flexibility index (Phi) is 7.92. The van der Waals surface area contributed by atoms with Crippen LogP contribution in [0.3, 0.4) is 0 Å². The summed E-state index contributed by atoms with van der Waals surface area (Å²) < 4.78 is 26.3. The van der Waals surface area contributed by atoms with E-state index >= 15 is 0 Å². The zero-order valence-electron chi connectivity index (χ0n) is 12.7. The summed E-state index contributed by atoms with van der Waals surface area (Å²) in [6, 6.07) is 9.58. The van der Waals surface area contributed by atoms with E-state index in [1.54, 1.807) is 24.3 Å².